The number of carbonyl (C=O) groups is 1. The molecule has 2 N–H and O–H groups in total. The molecule has 1 unspecified atom stereocenters. The van der Waals surface area contributed by atoms with Gasteiger partial charge in [0.05, 0.1) is 18.1 Å². The zero-order chi connectivity index (χ0) is 17.6. The van der Waals surface area contributed by atoms with Gasteiger partial charge >= 0.3 is 5.97 Å². The van der Waals surface area contributed by atoms with E-state index in [0.29, 0.717) is 44.1 Å². The molecule has 24 heavy (non-hydrogen) atoms. The summed E-state index contributed by atoms with van der Waals surface area (Å²) in [5.74, 6) is -0.256. The van der Waals surface area contributed by atoms with Crippen LogP contribution in [-0.4, -0.2) is 25.8 Å². The number of nitrogens with zero attached hydrogens (tertiary/aromatic N) is 1. The van der Waals surface area contributed by atoms with Gasteiger partial charge in [0.1, 0.15) is 0 Å². The Morgan fingerprint density at radius 3 is 2.79 bits per heavy atom. The van der Waals surface area contributed by atoms with Crippen LogP contribution in [0.25, 0.3) is 0 Å². The molecule has 5 nitrogen and oxygen atoms in total. The van der Waals surface area contributed by atoms with Crippen LogP contribution in [-0.2, 0) is 19.7 Å². The van der Waals surface area contributed by atoms with Crippen LogP contribution in [0.5, 0.6) is 0 Å². The average Bonchev–Trinajstić information content (AvgIpc) is 2.60. The standard InChI is InChI=1S/C18H23ClN2O3/c1-2-24-17(22)4-3-16(21)13-9-14(11-15(19)10-13)18(12-20)5-7-23-8-6-18/h9-11,16H,2-8,21H2,1H3. The Morgan fingerprint density at radius 1 is 1.46 bits per heavy atom. The number of nitrogens with two attached hydrogens (primary N) is 1. The van der Waals surface area contributed by atoms with Crippen LogP contribution < -0.4 is 5.73 Å². The second-order valence-electron chi connectivity index (χ2n) is 6.03. The third-order valence-corrected chi connectivity index (χ3v) is 4.64. The molecule has 130 valence electrons. The first kappa shape index (κ1) is 18.7. The number of ether oxygens (including phenoxy) is 2. The largest absolute Gasteiger partial charge is 0.466 e. The van der Waals surface area contributed by atoms with Crippen LogP contribution >= 0.6 is 11.6 Å². The number of hydrogen-bond acceptors (Lipinski definition) is 5. The highest BCUT2D eigenvalue weighted by Gasteiger charge is 2.35. The molecule has 1 aromatic rings. The molecule has 6 heteroatoms. The Hall–Kier alpha value is -1.61. The van der Waals surface area contributed by atoms with Crippen molar-refractivity contribution >= 4 is 17.6 Å². The Morgan fingerprint density at radius 2 is 2.17 bits per heavy atom. The zero-order valence-corrected chi connectivity index (χ0v) is 14.6. The first-order valence-electron chi connectivity index (χ1n) is 8.22. The van der Waals surface area contributed by atoms with Crippen LogP contribution in [0, 0.1) is 11.3 Å². The molecular weight excluding hydrogens is 328 g/mol. The van der Waals surface area contributed by atoms with Crippen molar-refractivity contribution < 1.29 is 14.3 Å². The van der Waals surface area contributed by atoms with E-state index < -0.39 is 5.41 Å². The topological polar surface area (TPSA) is 85.3 Å². The lowest BCUT2D eigenvalue weighted by Crippen LogP contribution is -2.32. The van der Waals surface area contributed by atoms with E-state index in [2.05, 4.69) is 6.07 Å². The number of benzene rings is 1. The van der Waals surface area contributed by atoms with Gasteiger partial charge in [-0.1, -0.05) is 17.7 Å². The number of hydrogen-bond donors (Lipinski definition) is 1. The lowest BCUT2D eigenvalue weighted by Gasteiger charge is -2.32. The van der Waals surface area contributed by atoms with Crippen molar-refractivity contribution in [1.29, 1.82) is 5.26 Å². The lowest BCUT2D eigenvalue weighted by molar-refractivity contribution is -0.143. The molecule has 1 heterocycles. The third-order valence-electron chi connectivity index (χ3n) is 4.43. The summed E-state index contributed by atoms with van der Waals surface area (Å²) < 4.78 is 10.3. The molecule has 0 spiro atoms. The molecule has 0 aromatic heterocycles. The zero-order valence-electron chi connectivity index (χ0n) is 13.9. The van der Waals surface area contributed by atoms with Gasteiger partial charge in [-0.3, -0.25) is 4.79 Å². The molecule has 0 radical (unpaired) electrons. The maximum absolute atomic E-state index is 11.5. The maximum Gasteiger partial charge on any atom is 0.305 e. The van der Waals surface area contributed by atoms with Gasteiger partial charge < -0.3 is 15.2 Å². The Labute approximate surface area is 147 Å². The highest BCUT2D eigenvalue weighted by molar-refractivity contribution is 6.30. The molecule has 1 aliphatic heterocycles. The van der Waals surface area contributed by atoms with Crippen molar-refractivity contribution in [2.45, 2.75) is 44.1 Å². The molecular formula is C18H23ClN2O3. The molecule has 1 aliphatic rings. The van der Waals surface area contributed by atoms with Crippen molar-refractivity contribution in [1.82, 2.24) is 0 Å². The third kappa shape index (κ3) is 4.47. The average molecular weight is 351 g/mol. The monoisotopic (exact) mass is 350 g/mol. The minimum Gasteiger partial charge on any atom is -0.466 e. The fourth-order valence-electron chi connectivity index (χ4n) is 2.96. The van der Waals surface area contributed by atoms with Crippen molar-refractivity contribution in [3.8, 4) is 6.07 Å². The molecule has 0 aliphatic carbocycles. The Balaban J connectivity index is 2.18. The van der Waals surface area contributed by atoms with E-state index in [-0.39, 0.29) is 18.4 Å². The number of esters is 1. The summed E-state index contributed by atoms with van der Waals surface area (Å²) in [6.07, 6.45) is 2.01. The second-order valence-corrected chi connectivity index (χ2v) is 6.47. The maximum atomic E-state index is 11.5. The quantitative estimate of drug-likeness (QED) is 0.796. The SMILES string of the molecule is CCOC(=O)CCC(N)c1cc(Cl)cc(C2(C#N)CCOCC2)c1. The predicted octanol–water partition coefficient (Wildman–Crippen LogP) is 3.25. The fraction of sp³-hybridized carbons (Fsp3) is 0.556. The number of nitriles is 1. The predicted molar refractivity (Wildman–Crippen MR) is 91.6 cm³/mol. The molecule has 1 aromatic carbocycles. The molecule has 1 atom stereocenters. The summed E-state index contributed by atoms with van der Waals surface area (Å²) in [6, 6.07) is 7.68. The summed E-state index contributed by atoms with van der Waals surface area (Å²) in [4.78, 5) is 11.5. The summed E-state index contributed by atoms with van der Waals surface area (Å²) in [5.41, 5.74) is 7.35. The highest BCUT2D eigenvalue weighted by atomic mass is 35.5. The molecule has 0 bridgehead atoms. The van der Waals surface area contributed by atoms with Crippen LogP contribution in [0.1, 0.15) is 49.8 Å². The molecule has 0 saturated carbocycles. The summed E-state index contributed by atoms with van der Waals surface area (Å²) in [6.45, 7) is 3.26. The van der Waals surface area contributed by atoms with Crippen molar-refractivity contribution in [3.63, 3.8) is 0 Å². The van der Waals surface area contributed by atoms with Crippen molar-refractivity contribution in [2.24, 2.45) is 5.73 Å². The second kappa shape index (κ2) is 8.48. The van der Waals surface area contributed by atoms with Gasteiger partial charge in [0, 0.05) is 30.7 Å². The van der Waals surface area contributed by atoms with Gasteiger partial charge in [-0.25, -0.2) is 0 Å². The molecule has 0 amide bonds. The van der Waals surface area contributed by atoms with Crippen LogP contribution in [0.3, 0.4) is 0 Å². The van der Waals surface area contributed by atoms with Crippen molar-refractivity contribution in [2.75, 3.05) is 19.8 Å². The first-order chi connectivity index (χ1) is 11.5. The van der Waals surface area contributed by atoms with Gasteiger partial charge in [-0.05, 0) is 49.4 Å². The lowest BCUT2D eigenvalue weighted by atomic mass is 9.75. The Bertz CT molecular complexity index is 621. The highest BCUT2D eigenvalue weighted by Crippen LogP contribution is 2.37. The number of carbonyl (C=O) groups excluding carboxylic acids is 1. The summed E-state index contributed by atoms with van der Waals surface area (Å²) >= 11 is 6.26. The fourth-order valence-corrected chi connectivity index (χ4v) is 3.20. The normalized spacial score (nSPS) is 17.8. The van der Waals surface area contributed by atoms with E-state index in [4.69, 9.17) is 26.8 Å². The molecule has 2 rings (SSSR count). The van der Waals surface area contributed by atoms with E-state index in [1.54, 1.807) is 13.0 Å². The van der Waals surface area contributed by atoms with Gasteiger partial charge in [-0.15, -0.1) is 0 Å². The van der Waals surface area contributed by atoms with Crippen molar-refractivity contribution in [3.05, 3.63) is 34.3 Å². The summed E-state index contributed by atoms with van der Waals surface area (Å²) in [7, 11) is 0. The minimum absolute atomic E-state index is 0.256. The molecule has 1 fully saturated rings. The van der Waals surface area contributed by atoms with Gasteiger partial charge in [0.15, 0.2) is 0 Å². The summed E-state index contributed by atoms with van der Waals surface area (Å²) in [5, 5.41) is 10.3. The Kier molecular flexibility index (Phi) is 6.61. The van der Waals surface area contributed by atoms with E-state index in [1.807, 2.05) is 12.1 Å². The number of halogens is 1. The van der Waals surface area contributed by atoms with Gasteiger partial charge in [0.2, 0.25) is 0 Å². The van der Waals surface area contributed by atoms with E-state index in [0.717, 1.165) is 11.1 Å². The van der Waals surface area contributed by atoms with Gasteiger partial charge in [-0.2, -0.15) is 5.26 Å². The first-order valence-corrected chi connectivity index (χ1v) is 8.59. The smallest absolute Gasteiger partial charge is 0.305 e. The van der Waals surface area contributed by atoms with E-state index in [9.17, 15) is 10.1 Å². The van der Waals surface area contributed by atoms with E-state index in [1.165, 1.54) is 0 Å². The molecule has 1 saturated heterocycles. The van der Waals surface area contributed by atoms with E-state index >= 15 is 0 Å². The van der Waals surface area contributed by atoms with Crippen LogP contribution in [0.15, 0.2) is 18.2 Å². The van der Waals surface area contributed by atoms with Crippen LogP contribution in [0.2, 0.25) is 5.02 Å². The minimum atomic E-state index is -0.585. The van der Waals surface area contributed by atoms with Gasteiger partial charge in [0.25, 0.3) is 0 Å². The van der Waals surface area contributed by atoms with Crippen LogP contribution in [0.4, 0.5) is 0 Å². The number of rotatable bonds is 6.